The Morgan fingerprint density at radius 3 is 2.71 bits per heavy atom. The van der Waals surface area contributed by atoms with Gasteiger partial charge in [0.15, 0.2) is 5.79 Å². The van der Waals surface area contributed by atoms with Crippen LogP contribution in [0.5, 0.6) is 0 Å². The molecule has 1 aliphatic heterocycles. The van der Waals surface area contributed by atoms with Crippen molar-refractivity contribution in [3.05, 3.63) is 21.9 Å². The van der Waals surface area contributed by atoms with Crippen molar-refractivity contribution in [3.63, 3.8) is 0 Å². The number of ether oxygens (including phenoxy) is 2. The number of hydrogen-bond donors (Lipinski definition) is 1. The number of hydrogen-bond acceptors (Lipinski definition) is 4. The highest BCUT2D eigenvalue weighted by atomic mass is 79.9. The van der Waals surface area contributed by atoms with Gasteiger partial charge in [0.25, 0.3) is 0 Å². The summed E-state index contributed by atoms with van der Waals surface area (Å²) in [6.45, 7) is 5.02. The average Bonchev–Trinajstić information content (AvgIpc) is 2.27. The smallest absolute Gasteiger partial charge is 0.162 e. The van der Waals surface area contributed by atoms with Gasteiger partial charge in [0.1, 0.15) is 5.15 Å². The van der Waals surface area contributed by atoms with Crippen LogP contribution in [0.3, 0.4) is 0 Å². The summed E-state index contributed by atoms with van der Waals surface area (Å²) in [6, 6.07) is 2.01. The molecule has 6 heteroatoms. The van der Waals surface area contributed by atoms with E-state index in [-0.39, 0.29) is 6.04 Å². The largest absolute Gasteiger partial charge is 0.376 e. The molecule has 1 saturated heterocycles. The van der Waals surface area contributed by atoms with Crippen molar-refractivity contribution in [1.82, 2.24) is 4.98 Å². The van der Waals surface area contributed by atoms with Crippen LogP contribution in [0, 0.1) is 0 Å². The molecule has 0 aliphatic carbocycles. The summed E-state index contributed by atoms with van der Waals surface area (Å²) in [5.74, 6) is -0.489. The zero-order valence-corrected chi connectivity index (χ0v) is 12.0. The van der Waals surface area contributed by atoms with Crippen molar-refractivity contribution in [3.8, 4) is 0 Å². The minimum Gasteiger partial charge on any atom is -0.376 e. The predicted molar refractivity (Wildman–Crippen MR) is 70.3 cm³/mol. The second-order valence-corrected chi connectivity index (χ2v) is 5.57. The highest BCUT2D eigenvalue weighted by molar-refractivity contribution is 9.10. The van der Waals surface area contributed by atoms with Crippen LogP contribution in [0.15, 0.2) is 16.7 Å². The predicted octanol–water partition coefficient (Wildman–Crippen LogP) is 3.06. The molecule has 17 heavy (non-hydrogen) atoms. The van der Waals surface area contributed by atoms with E-state index in [2.05, 4.69) is 26.2 Å². The molecule has 1 aliphatic rings. The molecule has 1 aromatic heterocycles. The summed E-state index contributed by atoms with van der Waals surface area (Å²) in [7, 11) is 0. The lowest BCUT2D eigenvalue weighted by Crippen LogP contribution is -2.45. The van der Waals surface area contributed by atoms with Crippen LogP contribution in [0.1, 0.15) is 13.8 Å². The molecule has 0 bridgehead atoms. The highest BCUT2D eigenvalue weighted by Gasteiger charge is 2.28. The van der Waals surface area contributed by atoms with Crippen LogP contribution in [-0.2, 0) is 9.47 Å². The van der Waals surface area contributed by atoms with E-state index >= 15 is 0 Å². The number of aromatic nitrogens is 1. The SMILES string of the molecule is CC1(C)OCC(Nc2cnc(Cl)c(Br)c2)CO1. The highest BCUT2D eigenvalue weighted by Crippen LogP contribution is 2.24. The summed E-state index contributed by atoms with van der Waals surface area (Å²) in [6.07, 6.45) is 1.69. The number of nitrogens with zero attached hydrogens (tertiary/aromatic N) is 1. The van der Waals surface area contributed by atoms with Crippen LogP contribution in [0.25, 0.3) is 0 Å². The molecule has 4 nitrogen and oxygen atoms in total. The van der Waals surface area contributed by atoms with Crippen molar-refractivity contribution in [2.24, 2.45) is 0 Å². The van der Waals surface area contributed by atoms with Crippen molar-refractivity contribution >= 4 is 33.2 Å². The first kappa shape index (κ1) is 13.1. The van der Waals surface area contributed by atoms with Gasteiger partial charge in [0.2, 0.25) is 0 Å². The van der Waals surface area contributed by atoms with Gasteiger partial charge in [-0.25, -0.2) is 4.98 Å². The fourth-order valence-electron chi connectivity index (χ4n) is 1.51. The monoisotopic (exact) mass is 320 g/mol. The van der Waals surface area contributed by atoms with Gasteiger partial charge in [0.05, 0.1) is 35.6 Å². The Bertz CT molecular complexity index is 404. The minimum absolute atomic E-state index is 0.123. The molecule has 0 unspecified atom stereocenters. The van der Waals surface area contributed by atoms with Gasteiger partial charge in [-0.15, -0.1) is 0 Å². The lowest BCUT2D eigenvalue weighted by Gasteiger charge is -2.35. The molecule has 0 spiro atoms. The second-order valence-electron chi connectivity index (χ2n) is 4.36. The maximum Gasteiger partial charge on any atom is 0.162 e. The minimum atomic E-state index is -0.489. The first-order valence-electron chi connectivity index (χ1n) is 5.32. The first-order valence-corrected chi connectivity index (χ1v) is 6.49. The zero-order valence-electron chi connectivity index (χ0n) is 9.67. The molecular formula is C11H14BrClN2O2. The Morgan fingerprint density at radius 1 is 1.47 bits per heavy atom. The average molecular weight is 322 g/mol. The molecular weight excluding hydrogens is 307 g/mol. The zero-order chi connectivity index (χ0) is 12.5. The van der Waals surface area contributed by atoms with Crippen molar-refractivity contribution in [2.75, 3.05) is 18.5 Å². The third kappa shape index (κ3) is 3.55. The number of rotatable bonds is 2. The molecule has 2 heterocycles. The Kier molecular flexibility index (Phi) is 3.92. The van der Waals surface area contributed by atoms with Gasteiger partial charge in [-0.2, -0.15) is 0 Å². The molecule has 0 atom stereocenters. The summed E-state index contributed by atoms with van der Waals surface area (Å²) < 4.78 is 11.9. The number of nitrogens with one attached hydrogen (secondary N) is 1. The van der Waals surface area contributed by atoms with Crippen molar-refractivity contribution in [1.29, 1.82) is 0 Å². The Balaban J connectivity index is 1.95. The third-order valence-corrected chi connectivity index (χ3v) is 3.57. The summed E-state index contributed by atoms with van der Waals surface area (Å²) >= 11 is 9.16. The molecule has 0 saturated carbocycles. The number of halogens is 2. The molecule has 94 valence electrons. The van der Waals surface area contributed by atoms with Gasteiger partial charge in [-0.3, -0.25) is 0 Å². The molecule has 0 aromatic carbocycles. The fourth-order valence-corrected chi connectivity index (χ4v) is 1.96. The van der Waals surface area contributed by atoms with Crippen LogP contribution in [0.4, 0.5) is 5.69 Å². The second kappa shape index (κ2) is 5.10. The van der Waals surface area contributed by atoms with Crippen LogP contribution >= 0.6 is 27.5 Å². The molecule has 2 rings (SSSR count). The van der Waals surface area contributed by atoms with Crippen LogP contribution < -0.4 is 5.32 Å². The van der Waals surface area contributed by atoms with E-state index in [0.29, 0.717) is 18.4 Å². The summed E-state index contributed by atoms with van der Waals surface area (Å²) in [5.41, 5.74) is 0.887. The number of anilines is 1. The van der Waals surface area contributed by atoms with Crippen LogP contribution in [-0.4, -0.2) is 30.0 Å². The van der Waals surface area contributed by atoms with Crippen molar-refractivity contribution < 1.29 is 9.47 Å². The van der Waals surface area contributed by atoms with E-state index in [1.165, 1.54) is 0 Å². The maximum atomic E-state index is 5.83. The van der Waals surface area contributed by atoms with E-state index in [0.717, 1.165) is 10.2 Å². The lowest BCUT2D eigenvalue weighted by molar-refractivity contribution is -0.247. The van der Waals surface area contributed by atoms with Gasteiger partial charge in [0, 0.05) is 0 Å². The molecule has 1 aromatic rings. The standard InChI is InChI=1S/C11H14BrClN2O2/c1-11(2)16-5-8(6-17-11)15-7-3-9(12)10(13)14-4-7/h3-4,8,15H,5-6H2,1-2H3. The van der Waals surface area contributed by atoms with Gasteiger partial charge >= 0.3 is 0 Å². The van der Waals surface area contributed by atoms with E-state index < -0.39 is 5.79 Å². The lowest BCUT2D eigenvalue weighted by atomic mass is 10.2. The van der Waals surface area contributed by atoms with Gasteiger partial charge in [-0.05, 0) is 35.8 Å². The summed E-state index contributed by atoms with van der Waals surface area (Å²) in [4.78, 5) is 4.05. The summed E-state index contributed by atoms with van der Waals surface area (Å²) in [5, 5.41) is 3.74. The van der Waals surface area contributed by atoms with E-state index in [9.17, 15) is 0 Å². The van der Waals surface area contributed by atoms with E-state index in [1.54, 1.807) is 6.20 Å². The van der Waals surface area contributed by atoms with E-state index in [4.69, 9.17) is 21.1 Å². The topological polar surface area (TPSA) is 43.4 Å². The van der Waals surface area contributed by atoms with Gasteiger partial charge in [-0.1, -0.05) is 11.6 Å². The molecule has 1 fully saturated rings. The van der Waals surface area contributed by atoms with Crippen LogP contribution in [0.2, 0.25) is 5.15 Å². The van der Waals surface area contributed by atoms with E-state index in [1.807, 2.05) is 19.9 Å². The molecule has 1 N–H and O–H groups in total. The Hall–Kier alpha value is -0.360. The quantitative estimate of drug-likeness (QED) is 0.850. The Labute approximate surface area is 114 Å². The van der Waals surface area contributed by atoms with Crippen molar-refractivity contribution in [2.45, 2.75) is 25.7 Å². The van der Waals surface area contributed by atoms with Gasteiger partial charge < -0.3 is 14.8 Å². The fraction of sp³-hybridized carbons (Fsp3) is 0.545. The third-order valence-electron chi connectivity index (χ3n) is 2.43. The molecule has 0 amide bonds. The maximum absolute atomic E-state index is 5.83. The first-order chi connectivity index (χ1) is 7.96. The number of pyridine rings is 1. The normalized spacial score (nSPS) is 20.2. The Morgan fingerprint density at radius 2 is 2.12 bits per heavy atom. The molecule has 0 radical (unpaired) electrons.